The summed E-state index contributed by atoms with van der Waals surface area (Å²) in [7, 11) is 0. The summed E-state index contributed by atoms with van der Waals surface area (Å²) < 4.78 is 14.7. The van der Waals surface area contributed by atoms with Crippen molar-refractivity contribution < 1.29 is 4.39 Å². The first-order valence-corrected chi connectivity index (χ1v) is 7.30. The van der Waals surface area contributed by atoms with Crippen LogP contribution < -0.4 is 0 Å². The molecule has 98 valence electrons. The fourth-order valence-electron chi connectivity index (χ4n) is 1.64. The molecule has 0 atom stereocenters. The van der Waals surface area contributed by atoms with E-state index in [0.29, 0.717) is 16.3 Å². The molecule has 0 unspecified atom stereocenters. The molecule has 2 aromatic rings. The molecule has 0 bridgehead atoms. The number of aromatic nitrogens is 1. The molecule has 0 amide bonds. The molecular weight excluding hydrogens is 327 g/mol. The van der Waals surface area contributed by atoms with Gasteiger partial charge in [-0.25, -0.2) is 9.37 Å². The first-order chi connectivity index (χ1) is 8.85. The van der Waals surface area contributed by atoms with Crippen molar-refractivity contribution in [3.8, 4) is 17.3 Å². The minimum Gasteiger partial charge on any atom is -0.239 e. The summed E-state index contributed by atoms with van der Waals surface area (Å²) in [5.74, 6) is -0.307. The molecule has 2 nitrogen and oxygen atoms in total. The SMILES string of the molecule is Cc1sc(C(C)(C)C#N)nc1-c1cc(Br)ccc1F. The first-order valence-electron chi connectivity index (χ1n) is 5.70. The number of aryl methyl sites for hydroxylation is 1. The van der Waals surface area contributed by atoms with Gasteiger partial charge in [0.2, 0.25) is 0 Å². The molecule has 1 aromatic heterocycles. The van der Waals surface area contributed by atoms with Crippen molar-refractivity contribution >= 4 is 27.3 Å². The molecule has 1 aromatic carbocycles. The number of hydrogen-bond acceptors (Lipinski definition) is 3. The zero-order valence-corrected chi connectivity index (χ0v) is 13.2. The van der Waals surface area contributed by atoms with Crippen LogP contribution in [0.1, 0.15) is 23.7 Å². The molecule has 2 rings (SSSR count). The van der Waals surface area contributed by atoms with Crippen LogP contribution in [0.3, 0.4) is 0 Å². The largest absolute Gasteiger partial charge is 0.239 e. The summed E-state index contributed by atoms with van der Waals surface area (Å²) in [5, 5.41) is 9.86. The molecule has 0 aliphatic carbocycles. The number of halogens is 2. The lowest BCUT2D eigenvalue weighted by Gasteiger charge is -2.10. The van der Waals surface area contributed by atoms with Crippen molar-refractivity contribution in [1.29, 1.82) is 5.26 Å². The monoisotopic (exact) mass is 338 g/mol. The van der Waals surface area contributed by atoms with Gasteiger partial charge in [0.25, 0.3) is 0 Å². The van der Waals surface area contributed by atoms with Gasteiger partial charge in [0.1, 0.15) is 16.2 Å². The lowest BCUT2D eigenvalue weighted by atomic mass is 9.97. The molecule has 0 aliphatic rings. The normalized spacial score (nSPS) is 11.4. The van der Waals surface area contributed by atoms with Crippen LogP contribution in [0.15, 0.2) is 22.7 Å². The molecule has 0 saturated carbocycles. The highest BCUT2D eigenvalue weighted by molar-refractivity contribution is 9.10. The summed E-state index contributed by atoms with van der Waals surface area (Å²) >= 11 is 4.77. The van der Waals surface area contributed by atoms with E-state index in [4.69, 9.17) is 5.26 Å². The van der Waals surface area contributed by atoms with Crippen LogP contribution in [0.5, 0.6) is 0 Å². The highest BCUT2D eigenvalue weighted by atomic mass is 79.9. The number of nitrogens with zero attached hydrogens (tertiary/aromatic N) is 2. The fraction of sp³-hybridized carbons (Fsp3) is 0.286. The smallest absolute Gasteiger partial charge is 0.132 e. The van der Waals surface area contributed by atoms with Crippen LogP contribution in [0.2, 0.25) is 0 Å². The van der Waals surface area contributed by atoms with E-state index in [1.165, 1.54) is 17.4 Å². The van der Waals surface area contributed by atoms with Gasteiger partial charge in [-0.1, -0.05) is 15.9 Å². The van der Waals surface area contributed by atoms with Gasteiger partial charge in [0, 0.05) is 14.9 Å². The van der Waals surface area contributed by atoms with Crippen molar-refractivity contribution in [3.63, 3.8) is 0 Å². The molecule has 0 spiro atoms. The second-order valence-electron chi connectivity index (χ2n) is 4.78. The van der Waals surface area contributed by atoms with E-state index in [-0.39, 0.29) is 5.82 Å². The van der Waals surface area contributed by atoms with Gasteiger partial charge in [-0.15, -0.1) is 11.3 Å². The molecule has 0 N–H and O–H groups in total. The third-order valence-corrected chi connectivity index (χ3v) is 4.58. The average molecular weight is 339 g/mol. The molecule has 0 aliphatic heterocycles. The van der Waals surface area contributed by atoms with E-state index in [9.17, 15) is 4.39 Å². The summed E-state index contributed by atoms with van der Waals surface area (Å²) in [5.41, 5.74) is 0.418. The Balaban J connectivity index is 2.59. The van der Waals surface area contributed by atoms with Crippen LogP contribution in [-0.2, 0) is 5.41 Å². The highest BCUT2D eigenvalue weighted by Crippen LogP contribution is 2.35. The van der Waals surface area contributed by atoms with Crippen molar-refractivity contribution in [2.75, 3.05) is 0 Å². The molecular formula is C14H12BrFN2S. The number of hydrogen-bond donors (Lipinski definition) is 0. The van der Waals surface area contributed by atoms with Crippen molar-refractivity contribution in [2.45, 2.75) is 26.2 Å². The standard InChI is InChI=1S/C14H12BrFN2S/c1-8-12(10-6-9(15)4-5-11(10)16)18-13(19-8)14(2,3)7-17/h4-6H,1-3H3. The van der Waals surface area contributed by atoms with Gasteiger partial charge in [-0.05, 0) is 39.0 Å². The number of thiazole rings is 1. The third kappa shape index (κ3) is 2.70. The van der Waals surface area contributed by atoms with Gasteiger partial charge in [-0.2, -0.15) is 5.26 Å². The lowest BCUT2D eigenvalue weighted by Crippen LogP contribution is -2.13. The average Bonchev–Trinajstić information content (AvgIpc) is 2.75. The minimum atomic E-state index is -0.657. The summed E-state index contributed by atoms with van der Waals surface area (Å²) in [6.07, 6.45) is 0. The maximum Gasteiger partial charge on any atom is 0.132 e. The Bertz CT molecular complexity index is 671. The van der Waals surface area contributed by atoms with Gasteiger partial charge < -0.3 is 0 Å². The quantitative estimate of drug-likeness (QED) is 0.786. The third-order valence-electron chi connectivity index (χ3n) is 2.79. The Morgan fingerprint density at radius 2 is 2.11 bits per heavy atom. The van der Waals surface area contributed by atoms with Crippen LogP contribution in [0.4, 0.5) is 4.39 Å². The zero-order chi connectivity index (χ0) is 14.2. The molecule has 5 heteroatoms. The Morgan fingerprint density at radius 1 is 1.42 bits per heavy atom. The van der Waals surface area contributed by atoms with Gasteiger partial charge in [0.15, 0.2) is 0 Å². The van der Waals surface area contributed by atoms with Crippen LogP contribution in [0.25, 0.3) is 11.3 Å². The van der Waals surface area contributed by atoms with E-state index >= 15 is 0 Å². The van der Waals surface area contributed by atoms with E-state index in [2.05, 4.69) is 27.0 Å². The molecule has 19 heavy (non-hydrogen) atoms. The summed E-state index contributed by atoms with van der Waals surface area (Å²) in [6.45, 7) is 5.52. The highest BCUT2D eigenvalue weighted by Gasteiger charge is 2.26. The first kappa shape index (κ1) is 14.2. The summed E-state index contributed by atoms with van der Waals surface area (Å²) in [4.78, 5) is 5.37. The van der Waals surface area contributed by atoms with Crippen LogP contribution >= 0.6 is 27.3 Å². The van der Waals surface area contributed by atoms with Crippen molar-refractivity contribution in [2.24, 2.45) is 0 Å². The second kappa shape index (κ2) is 5.03. The zero-order valence-electron chi connectivity index (χ0n) is 10.8. The second-order valence-corrected chi connectivity index (χ2v) is 6.90. The molecule has 0 fully saturated rings. The van der Waals surface area contributed by atoms with E-state index in [1.807, 2.05) is 20.8 Å². The van der Waals surface area contributed by atoms with Crippen molar-refractivity contribution in [3.05, 3.63) is 38.4 Å². The molecule has 0 saturated heterocycles. The molecule has 0 radical (unpaired) electrons. The van der Waals surface area contributed by atoms with E-state index in [1.54, 1.807) is 12.1 Å². The van der Waals surface area contributed by atoms with Crippen LogP contribution in [0, 0.1) is 24.1 Å². The van der Waals surface area contributed by atoms with Gasteiger partial charge in [0.05, 0.1) is 11.8 Å². The van der Waals surface area contributed by atoms with Gasteiger partial charge in [-0.3, -0.25) is 0 Å². The topological polar surface area (TPSA) is 36.7 Å². The minimum absolute atomic E-state index is 0.307. The number of rotatable bonds is 2. The van der Waals surface area contributed by atoms with Crippen LogP contribution in [-0.4, -0.2) is 4.98 Å². The maximum atomic E-state index is 13.9. The molecule has 1 heterocycles. The number of benzene rings is 1. The van der Waals surface area contributed by atoms with E-state index in [0.717, 1.165) is 9.35 Å². The predicted molar refractivity (Wildman–Crippen MR) is 78.6 cm³/mol. The maximum absolute atomic E-state index is 13.9. The Hall–Kier alpha value is -1.25. The predicted octanol–water partition coefficient (Wildman–Crippen LogP) is 4.82. The van der Waals surface area contributed by atoms with E-state index < -0.39 is 5.41 Å². The Kier molecular flexibility index (Phi) is 3.75. The van der Waals surface area contributed by atoms with Gasteiger partial charge >= 0.3 is 0 Å². The Morgan fingerprint density at radius 3 is 2.74 bits per heavy atom. The number of nitriles is 1. The summed E-state index contributed by atoms with van der Waals surface area (Å²) in [6, 6.07) is 6.99. The fourth-order valence-corrected chi connectivity index (χ4v) is 2.98. The lowest BCUT2D eigenvalue weighted by molar-refractivity contribution is 0.629. The Labute approximate surface area is 124 Å². The van der Waals surface area contributed by atoms with Crippen molar-refractivity contribution in [1.82, 2.24) is 4.98 Å².